The molecule has 2 aromatic heterocycles. The van der Waals surface area contributed by atoms with Crippen LogP contribution in [0.25, 0.3) is 21.1 Å². The molecule has 1 amide bonds. The number of thiazole rings is 1. The topological polar surface area (TPSA) is 59.3 Å². The number of nitrogens with zero attached hydrogens (tertiary/aromatic N) is 3. The van der Waals surface area contributed by atoms with E-state index in [1.165, 1.54) is 11.3 Å². The van der Waals surface area contributed by atoms with Crippen LogP contribution in [-0.2, 0) is 0 Å². The largest absolute Gasteiger partial charge is 0.344 e. The number of hydrazone groups is 1. The summed E-state index contributed by atoms with van der Waals surface area (Å²) in [6.45, 7) is 4.27. The van der Waals surface area contributed by atoms with Gasteiger partial charge in [-0.3, -0.25) is 4.79 Å². The maximum atomic E-state index is 12.3. The van der Waals surface area contributed by atoms with Gasteiger partial charge in [0.05, 0.1) is 16.4 Å². The molecule has 0 unspecified atom stereocenters. The highest BCUT2D eigenvalue weighted by Crippen LogP contribution is 2.27. The third-order valence-electron chi connectivity index (χ3n) is 4.24. The van der Waals surface area contributed by atoms with Gasteiger partial charge in [0.25, 0.3) is 5.91 Å². The lowest BCUT2D eigenvalue weighted by Crippen LogP contribution is -2.17. The summed E-state index contributed by atoms with van der Waals surface area (Å²) in [5, 5.41) is 5.64. The van der Waals surface area contributed by atoms with Crippen molar-refractivity contribution in [3.63, 3.8) is 0 Å². The van der Waals surface area contributed by atoms with Crippen molar-refractivity contribution in [3.05, 3.63) is 63.7 Å². The lowest BCUT2D eigenvalue weighted by molar-refractivity contribution is 0.0955. The van der Waals surface area contributed by atoms with Crippen LogP contribution in [0.2, 0.25) is 0 Å². The number of para-hydroxylation sites is 1. The highest BCUT2D eigenvalue weighted by molar-refractivity contribution is 9.10. The zero-order valence-electron chi connectivity index (χ0n) is 14.8. The number of nitrogens with one attached hydrogen (secondary N) is 1. The zero-order valence-corrected chi connectivity index (χ0v) is 17.2. The van der Waals surface area contributed by atoms with E-state index in [4.69, 9.17) is 0 Å². The molecule has 0 aliphatic rings. The third-order valence-corrected chi connectivity index (χ3v) is 5.77. The van der Waals surface area contributed by atoms with E-state index in [9.17, 15) is 4.79 Å². The third kappa shape index (κ3) is 3.52. The predicted octanol–water partition coefficient (Wildman–Crippen LogP) is 5.36. The van der Waals surface area contributed by atoms with Crippen LogP contribution in [0.15, 0.2) is 58.2 Å². The first-order valence-electron chi connectivity index (χ1n) is 8.52. The summed E-state index contributed by atoms with van der Waals surface area (Å²) >= 11 is 4.88. The fourth-order valence-electron chi connectivity index (χ4n) is 2.96. The van der Waals surface area contributed by atoms with Gasteiger partial charge in [0.15, 0.2) is 5.01 Å². The van der Waals surface area contributed by atoms with E-state index >= 15 is 0 Å². The van der Waals surface area contributed by atoms with Gasteiger partial charge >= 0.3 is 0 Å². The summed E-state index contributed by atoms with van der Waals surface area (Å²) in [4.78, 5) is 16.7. The van der Waals surface area contributed by atoms with E-state index in [0.717, 1.165) is 31.2 Å². The number of carbonyl (C=O) groups is 1. The van der Waals surface area contributed by atoms with Gasteiger partial charge in [0, 0.05) is 33.2 Å². The Morgan fingerprint density at radius 2 is 2.11 bits per heavy atom. The van der Waals surface area contributed by atoms with Crippen LogP contribution in [0.1, 0.15) is 35.3 Å². The second-order valence-electron chi connectivity index (χ2n) is 6.43. The molecule has 27 heavy (non-hydrogen) atoms. The summed E-state index contributed by atoms with van der Waals surface area (Å²) < 4.78 is 4.18. The van der Waals surface area contributed by atoms with Crippen molar-refractivity contribution in [3.8, 4) is 0 Å². The van der Waals surface area contributed by atoms with Crippen LogP contribution < -0.4 is 5.43 Å². The molecule has 1 N–H and O–H groups in total. The summed E-state index contributed by atoms with van der Waals surface area (Å²) in [7, 11) is 0. The summed E-state index contributed by atoms with van der Waals surface area (Å²) in [5.41, 5.74) is 5.48. The maximum Gasteiger partial charge on any atom is 0.300 e. The number of benzene rings is 2. The molecule has 0 bridgehead atoms. The van der Waals surface area contributed by atoms with Gasteiger partial charge in [-0.25, -0.2) is 10.4 Å². The van der Waals surface area contributed by atoms with Gasteiger partial charge in [-0.05, 0) is 44.2 Å². The van der Waals surface area contributed by atoms with Crippen LogP contribution in [0.3, 0.4) is 0 Å². The highest BCUT2D eigenvalue weighted by atomic mass is 79.9. The maximum absolute atomic E-state index is 12.3. The Balaban J connectivity index is 1.59. The Morgan fingerprint density at radius 3 is 2.89 bits per heavy atom. The molecular weight excluding hydrogens is 424 g/mol. The van der Waals surface area contributed by atoms with Crippen LogP contribution >= 0.6 is 27.3 Å². The molecule has 0 fully saturated rings. The highest BCUT2D eigenvalue weighted by Gasteiger charge is 2.12. The average molecular weight is 441 g/mol. The lowest BCUT2D eigenvalue weighted by atomic mass is 10.2. The minimum absolute atomic E-state index is 0.304. The first-order chi connectivity index (χ1) is 13.0. The molecule has 0 aliphatic heterocycles. The van der Waals surface area contributed by atoms with Gasteiger partial charge in [-0.15, -0.1) is 11.3 Å². The van der Waals surface area contributed by atoms with Crippen molar-refractivity contribution >= 4 is 60.5 Å². The second kappa shape index (κ2) is 7.25. The van der Waals surface area contributed by atoms with Gasteiger partial charge in [0.2, 0.25) is 0 Å². The van der Waals surface area contributed by atoms with E-state index in [-0.39, 0.29) is 5.91 Å². The number of rotatable bonds is 4. The number of aromatic nitrogens is 2. The van der Waals surface area contributed by atoms with Crippen molar-refractivity contribution in [2.45, 2.75) is 19.9 Å². The van der Waals surface area contributed by atoms with E-state index in [2.05, 4.69) is 68.2 Å². The summed E-state index contributed by atoms with van der Waals surface area (Å²) in [6.07, 6.45) is 3.73. The zero-order chi connectivity index (χ0) is 19.0. The van der Waals surface area contributed by atoms with E-state index in [1.807, 2.05) is 30.3 Å². The SMILES string of the molecule is CC(C)n1cc(/C=N/NC(=O)c2nc3ccccc3s2)c2cc(Br)ccc21. The van der Waals surface area contributed by atoms with E-state index in [1.54, 1.807) is 6.21 Å². The molecule has 4 rings (SSSR count). The molecule has 0 spiro atoms. The molecule has 136 valence electrons. The smallest absolute Gasteiger partial charge is 0.300 e. The number of carbonyl (C=O) groups excluding carboxylic acids is 1. The summed E-state index contributed by atoms with van der Waals surface area (Å²) in [5.74, 6) is -0.304. The molecule has 4 aromatic rings. The number of hydrogen-bond donors (Lipinski definition) is 1. The first kappa shape index (κ1) is 17.9. The minimum atomic E-state index is -0.304. The van der Waals surface area contributed by atoms with Crippen molar-refractivity contribution < 1.29 is 4.79 Å². The fourth-order valence-corrected chi connectivity index (χ4v) is 4.18. The molecule has 7 heteroatoms. The van der Waals surface area contributed by atoms with Crippen molar-refractivity contribution in [1.82, 2.24) is 15.0 Å². The molecule has 0 atom stereocenters. The van der Waals surface area contributed by atoms with Crippen LogP contribution in [0.4, 0.5) is 0 Å². The second-order valence-corrected chi connectivity index (χ2v) is 8.38. The number of hydrogen-bond acceptors (Lipinski definition) is 4. The molecule has 2 aromatic carbocycles. The standard InChI is InChI=1S/C20H17BrN4OS/c1-12(2)25-11-13(15-9-14(21)7-8-17(15)25)10-22-24-19(26)20-23-16-5-3-4-6-18(16)27-20/h3-12H,1-2H3,(H,24,26)/b22-10+. The predicted molar refractivity (Wildman–Crippen MR) is 115 cm³/mol. The van der Waals surface area contributed by atoms with E-state index < -0.39 is 0 Å². The van der Waals surface area contributed by atoms with Crippen molar-refractivity contribution in [2.75, 3.05) is 0 Å². The Hall–Kier alpha value is -2.51. The molecular formula is C20H17BrN4OS. The minimum Gasteiger partial charge on any atom is -0.344 e. The average Bonchev–Trinajstić information content (AvgIpc) is 3.23. The normalized spacial score (nSPS) is 11.9. The van der Waals surface area contributed by atoms with Crippen LogP contribution in [-0.4, -0.2) is 21.7 Å². The number of fused-ring (bicyclic) bond motifs is 2. The molecule has 5 nitrogen and oxygen atoms in total. The van der Waals surface area contributed by atoms with Gasteiger partial charge in [-0.1, -0.05) is 28.1 Å². The molecule has 0 saturated carbocycles. The Kier molecular flexibility index (Phi) is 4.80. The van der Waals surface area contributed by atoms with Crippen LogP contribution in [0.5, 0.6) is 0 Å². The fraction of sp³-hybridized carbons (Fsp3) is 0.150. The van der Waals surface area contributed by atoms with Gasteiger partial charge in [-0.2, -0.15) is 5.10 Å². The lowest BCUT2D eigenvalue weighted by Gasteiger charge is -2.08. The Bertz CT molecular complexity index is 1140. The van der Waals surface area contributed by atoms with E-state index in [0.29, 0.717) is 11.0 Å². The number of amides is 1. The van der Waals surface area contributed by atoms with Gasteiger partial charge < -0.3 is 4.57 Å². The Morgan fingerprint density at radius 1 is 1.30 bits per heavy atom. The molecule has 0 saturated heterocycles. The Labute approximate surface area is 168 Å². The molecule has 0 radical (unpaired) electrons. The van der Waals surface area contributed by atoms with Crippen molar-refractivity contribution in [1.29, 1.82) is 0 Å². The quantitative estimate of drug-likeness (QED) is 0.343. The molecule has 2 heterocycles. The van der Waals surface area contributed by atoms with Gasteiger partial charge in [0.1, 0.15) is 0 Å². The van der Waals surface area contributed by atoms with Crippen molar-refractivity contribution in [2.24, 2.45) is 5.10 Å². The molecule has 0 aliphatic carbocycles. The first-order valence-corrected chi connectivity index (χ1v) is 10.1. The number of halogens is 1. The van der Waals surface area contributed by atoms with Crippen LogP contribution in [0, 0.1) is 0 Å². The summed E-state index contributed by atoms with van der Waals surface area (Å²) in [6, 6.07) is 14.2. The monoisotopic (exact) mass is 440 g/mol.